The SMILES string of the molecule is CCCOc1ccc(S(=O)(=O)N2CCCC(CN)C2)cc1.Cl. The highest BCUT2D eigenvalue weighted by Crippen LogP contribution is 2.24. The van der Waals surface area contributed by atoms with E-state index in [1.165, 1.54) is 0 Å². The van der Waals surface area contributed by atoms with Crippen LogP contribution in [-0.4, -0.2) is 39.0 Å². The second-order valence-corrected chi connectivity index (χ2v) is 7.36. The van der Waals surface area contributed by atoms with Gasteiger partial charge in [0.25, 0.3) is 0 Å². The number of nitrogens with zero attached hydrogens (tertiary/aromatic N) is 1. The molecule has 1 unspecified atom stereocenters. The Kier molecular flexibility index (Phi) is 7.62. The van der Waals surface area contributed by atoms with Crippen LogP contribution in [0.3, 0.4) is 0 Å². The zero-order valence-electron chi connectivity index (χ0n) is 12.9. The number of rotatable bonds is 6. The summed E-state index contributed by atoms with van der Waals surface area (Å²) in [5, 5.41) is 0. The minimum atomic E-state index is -3.42. The molecule has 1 aliphatic rings. The number of hydrogen-bond donors (Lipinski definition) is 1. The lowest BCUT2D eigenvalue weighted by molar-refractivity contribution is 0.271. The Hall–Kier alpha value is -0.820. The molecule has 0 bridgehead atoms. The average Bonchev–Trinajstić information content (AvgIpc) is 2.53. The van der Waals surface area contributed by atoms with Crippen LogP contribution < -0.4 is 10.5 Å². The lowest BCUT2D eigenvalue weighted by atomic mass is 10.0. The zero-order valence-corrected chi connectivity index (χ0v) is 14.5. The van der Waals surface area contributed by atoms with Gasteiger partial charge in [-0.05, 0) is 56.0 Å². The minimum absolute atomic E-state index is 0. The van der Waals surface area contributed by atoms with E-state index in [9.17, 15) is 8.42 Å². The van der Waals surface area contributed by atoms with E-state index < -0.39 is 10.0 Å². The molecule has 0 aromatic heterocycles. The molecular formula is C15H25ClN2O3S. The third kappa shape index (κ3) is 4.59. The van der Waals surface area contributed by atoms with Gasteiger partial charge in [0.1, 0.15) is 5.75 Å². The van der Waals surface area contributed by atoms with E-state index in [0.29, 0.717) is 36.9 Å². The lowest BCUT2D eigenvalue weighted by Gasteiger charge is -2.31. The van der Waals surface area contributed by atoms with Crippen LogP contribution in [0.1, 0.15) is 26.2 Å². The van der Waals surface area contributed by atoms with Crippen molar-refractivity contribution in [2.24, 2.45) is 11.7 Å². The van der Waals surface area contributed by atoms with Gasteiger partial charge in [-0.25, -0.2) is 8.42 Å². The highest BCUT2D eigenvalue weighted by molar-refractivity contribution is 7.89. The standard InChI is InChI=1S/C15H24N2O3S.ClH/c1-2-10-20-14-5-7-15(8-6-14)21(18,19)17-9-3-4-13(11-16)12-17;/h5-8,13H,2-4,9-12,16H2,1H3;1H. The molecule has 1 aromatic carbocycles. The molecule has 22 heavy (non-hydrogen) atoms. The highest BCUT2D eigenvalue weighted by atomic mass is 35.5. The largest absolute Gasteiger partial charge is 0.494 e. The van der Waals surface area contributed by atoms with Crippen LogP contribution in [0.25, 0.3) is 0 Å². The Bertz CT molecular complexity index is 548. The fourth-order valence-electron chi connectivity index (χ4n) is 2.51. The molecular weight excluding hydrogens is 324 g/mol. The summed E-state index contributed by atoms with van der Waals surface area (Å²) in [4.78, 5) is 0.323. The second-order valence-electron chi connectivity index (χ2n) is 5.43. The van der Waals surface area contributed by atoms with E-state index in [2.05, 4.69) is 0 Å². The van der Waals surface area contributed by atoms with Crippen molar-refractivity contribution in [2.75, 3.05) is 26.2 Å². The van der Waals surface area contributed by atoms with Crippen molar-refractivity contribution in [2.45, 2.75) is 31.1 Å². The molecule has 0 spiro atoms. The van der Waals surface area contributed by atoms with Crippen molar-refractivity contribution in [3.8, 4) is 5.75 Å². The van der Waals surface area contributed by atoms with E-state index in [-0.39, 0.29) is 18.3 Å². The number of piperidine rings is 1. The van der Waals surface area contributed by atoms with Crippen molar-refractivity contribution >= 4 is 22.4 Å². The quantitative estimate of drug-likeness (QED) is 0.855. The van der Waals surface area contributed by atoms with Crippen LogP contribution in [-0.2, 0) is 10.0 Å². The number of nitrogens with two attached hydrogens (primary N) is 1. The lowest BCUT2D eigenvalue weighted by Crippen LogP contribution is -2.41. The number of benzene rings is 1. The summed E-state index contributed by atoms with van der Waals surface area (Å²) in [7, 11) is -3.42. The number of ether oxygens (including phenoxy) is 1. The Morgan fingerprint density at radius 2 is 2.00 bits per heavy atom. The van der Waals surface area contributed by atoms with Crippen LogP contribution in [0.15, 0.2) is 29.2 Å². The zero-order chi connectivity index (χ0) is 15.3. The van der Waals surface area contributed by atoms with Crippen molar-refractivity contribution < 1.29 is 13.2 Å². The molecule has 1 saturated heterocycles. The first-order valence-corrected chi connectivity index (χ1v) is 8.95. The van der Waals surface area contributed by atoms with Gasteiger partial charge >= 0.3 is 0 Å². The third-order valence-electron chi connectivity index (χ3n) is 3.75. The Labute approximate surface area is 139 Å². The second kappa shape index (κ2) is 8.72. The van der Waals surface area contributed by atoms with E-state index in [0.717, 1.165) is 19.3 Å². The average molecular weight is 349 g/mol. The molecule has 0 radical (unpaired) electrons. The van der Waals surface area contributed by atoms with Crippen LogP contribution in [0, 0.1) is 5.92 Å². The summed E-state index contributed by atoms with van der Waals surface area (Å²) in [5.74, 6) is 0.968. The van der Waals surface area contributed by atoms with Crippen LogP contribution in [0.2, 0.25) is 0 Å². The van der Waals surface area contributed by atoms with Crippen LogP contribution in [0.5, 0.6) is 5.75 Å². The smallest absolute Gasteiger partial charge is 0.243 e. The van der Waals surface area contributed by atoms with Gasteiger partial charge in [-0.3, -0.25) is 0 Å². The highest BCUT2D eigenvalue weighted by Gasteiger charge is 2.29. The van der Waals surface area contributed by atoms with Crippen LogP contribution in [0.4, 0.5) is 0 Å². The number of sulfonamides is 1. The first-order valence-electron chi connectivity index (χ1n) is 7.51. The van der Waals surface area contributed by atoms with Crippen molar-refractivity contribution in [3.05, 3.63) is 24.3 Å². The molecule has 0 aliphatic carbocycles. The van der Waals surface area contributed by atoms with Gasteiger partial charge in [0, 0.05) is 13.1 Å². The maximum Gasteiger partial charge on any atom is 0.243 e. The van der Waals surface area contributed by atoms with Gasteiger partial charge in [-0.1, -0.05) is 6.92 Å². The van der Waals surface area contributed by atoms with Crippen LogP contribution >= 0.6 is 12.4 Å². The Morgan fingerprint density at radius 1 is 1.32 bits per heavy atom. The first-order chi connectivity index (χ1) is 10.1. The molecule has 1 aliphatic heterocycles. The molecule has 126 valence electrons. The van der Waals surface area contributed by atoms with Gasteiger partial charge in [-0.15, -0.1) is 12.4 Å². The Balaban J connectivity index is 0.00000242. The summed E-state index contributed by atoms with van der Waals surface area (Å²) < 4.78 is 32.3. The molecule has 1 fully saturated rings. The summed E-state index contributed by atoms with van der Waals surface area (Å²) >= 11 is 0. The molecule has 1 heterocycles. The predicted octanol–water partition coefficient (Wildman–Crippen LogP) is 2.26. The summed E-state index contributed by atoms with van der Waals surface area (Å²) in [6.45, 7) is 4.30. The minimum Gasteiger partial charge on any atom is -0.494 e. The maximum atomic E-state index is 12.6. The third-order valence-corrected chi connectivity index (χ3v) is 5.63. The fourth-order valence-corrected chi connectivity index (χ4v) is 4.07. The fraction of sp³-hybridized carbons (Fsp3) is 0.600. The molecule has 7 heteroatoms. The van der Waals surface area contributed by atoms with E-state index in [1.807, 2.05) is 6.92 Å². The van der Waals surface area contributed by atoms with Crippen molar-refractivity contribution in [1.82, 2.24) is 4.31 Å². The monoisotopic (exact) mass is 348 g/mol. The first kappa shape index (κ1) is 19.2. The molecule has 1 atom stereocenters. The Morgan fingerprint density at radius 3 is 2.59 bits per heavy atom. The van der Waals surface area contributed by atoms with Crippen molar-refractivity contribution in [3.63, 3.8) is 0 Å². The van der Waals surface area contributed by atoms with Gasteiger partial charge in [0.15, 0.2) is 0 Å². The topological polar surface area (TPSA) is 72.6 Å². The molecule has 2 rings (SSSR count). The molecule has 2 N–H and O–H groups in total. The normalized spacial score (nSPS) is 19.5. The van der Waals surface area contributed by atoms with Gasteiger partial charge in [0.2, 0.25) is 10.0 Å². The molecule has 0 amide bonds. The molecule has 1 aromatic rings. The van der Waals surface area contributed by atoms with Gasteiger partial charge in [-0.2, -0.15) is 4.31 Å². The van der Waals surface area contributed by atoms with E-state index in [1.54, 1.807) is 28.6 Å². The predicted molar refractivity (Wildman–Crippen MR) is 90.0 cm³/mol. The number of hydrogen-bond acceptors (Lipinski definition) is 4. The molecule has 5 nitrogen and oxygen atoms in total. The van der Waals surface area contributed by atoms with E-state index in [4.69, 9.17) is 10.5 Å². The summed E-state index contributed by atoms with van der Waals surface area (Å²) in [6, 6.07) is 6.67. The molecule has 0 saturated carbocycles. The van der Waals surface area contributed by atoms with E-state index >= 15 is 0 Å². The van der Waals surface area contributed by atoms with Gasteiger partial charge < -0.3 is 10.5 Å². The summed E-state index contributed by atoms with van der Waals surface area (Å²) in [5.41, 5.74) is 5.68. The maximum absolute atomic E-state index is 12.6. The summed E-state index contributed by atoms with van der Waals surface area (Å²) in [6.07, 6.45) is 2.80. The van der Waals surface area contributed by atoms with Crippen molar-refractivity contribution in [1.29, 1.82) is 0 Å². The van der Waals surface area contributed by atoms with Gasteiger partial charge in [0.05, 0.1) is 11.5 Å². The number of halogens is 1.